The first-order valence-electron chi connectivity index (χ1n) is 9.87. The number of methoxy groups -OCH3 is 2. The number of anilines is 1. The fraction of sp³-hybridized carbons (Fsp3) is 0.348. The molecule has 0 saturated carbocycles. The van der Waals surface area contributed by atoms with Gasteiger partial charge in [0.1, 0.15) is 0 Å². The van der Waals surface area contributed by atoms with Gasteiger partial charge in [0, 0.05) is 30.2 Å². The van der Waals surface area contributed by atoms with E-state index in [2.05, 4.69) is 0 Å². The molecule has 0 aromatic heterocycles. The molecule has 0 radical (unpaired) electrons. The third-order valence-electron chi connectivity index (χ3n) is 5.57. The predicted octanol–water partition coefficient (Wildman–Crippen LogP) is 2.77. The third-order valence-corrected chi connectivity index (χ3v) is 5.57. The van der Waals surface area contributed by atoms with Gasteiger partial charge in [0.2, 0.25) is 0 Å². The fourth-order valence-electron chi connectivity index (χ4n) is 4.04. The summed E-state index contributed by atoms with van der Waals surface area (Å²) in [5, 5.41) is 0. The zero-order valence-corrected chi connectivity index (χ0v) is 17.4. The van der Waals surface area contributed by atoms with Crippen molar-refractivity contribution in [1.82, 2.24) is 0 Å². The van der Waals surface area contributed by atoms with Gasteiger partial charge in [-0.1, -0.05) is 12.1 Å². The van der Waals surface area contributed by atoms with Crippen molar-refractivity contribution in [3.8, 4) is 11.5 Å². The SMILES string of the molecule is COc1ccc(/C=C2\C(=O)N(C)c3ccc(C4(CCN)OCCO4)cc32)cc1OC. The summed E-state index contributed by atoms with van der Waals surface area (Å²) in [6.45, 7) is 1.47. The van der Waals surface area contributed by atoms with Gasteiger partial charge in [-0.15, -0.1) is 0 Å². The highest BCUT2D eigenvalue weighted by molar-refractivity contribution is 6.35. The van der Waals surface area contributed by atoms with Crippen molar-refractivity contribution in [2.75, 3.05) is 45.9 Å². The predicted molar refractivity (Wildman–Crippen MR) is 115 cm³/mol. The Labute approximate surface area is 176 Å². The Balaban J connectivity index is 1.79. The van der Waals surface area contributed by atoms with E-state index in [1.165, 1.54) is 0 Å². The van der Waals surface area contributed by atoms with Crippen LogP contribution in [0, 0.1) is 0 Å². The standard InChI is InChI=1S/C23H26N2O5/c1-25-19-6-5-16(23(8-9-24)29-10-11-30-23)14-17(19)18(22(25)26)12-15-4-7-20(27-2)21(13-15)28-3/h4-7,12-14H,8-11,24H2,1-3H3/b18-12-. The van der Waals surface area contributed by atoms with E-state index >= 15 is 0 Å². The number of hydrogen-bond donors (Lipinski definition) is 1. The van der Waals surface area contributed by atoms with Crippen molar-refractivity contribution >= 4 is 23.2 Å². The number of amides is 1. The quantitative estimate of drug-likeness (QED) is 0.738. The second-order valence-electron chi connectivity index (χ2n) is 7.26. The lowest BCUT2D eigenvalue weighted by Gasteiger charge is -2.28. The van der Waals surface area contributed by atoms with Crippen molar-refractivity contribution in [3.05, 3.63) is 53.1 Å². The maximum atomic E-state index is 13.0. The first kappa shape index (κ1) is 20.4. The maximum absolute atomic E-state index is 13.0. The number of nitrogens with zero attached hydrogens (tertiary/aromatic N) is 1. The van der Waals surface area contributed by atoms with Crippen LogP contribution in [-0.2, 0) is 20.1 Å². The average molecular weight is 410 g/mol. The van der Waals surface area contributed by atoms with Gasteiger partial charge in [-0.2, -0.15) is 0 Å². The molecule has 0 aliphatic carbocycles. The van der Waals surface area contributed by atoms with Gasteiger partial charge in [-0.25, -0.2) is 0 Å². The van der Waals surface area contributed by atoms with Crippen molar-refractivity contribution in [1.29, 1.82) is 0 Å². The van der Waals surface area contributed by atoms with Crippen LogP contribution in [0.3, 0.4) is 0 Å². The number of benzene rings is 2. The molecule has 2 heterocycles. The molecule has 1 amide bonds. The highest BCUT2D eigenvalue weighted by Crippen LogP contribution is 2.42. The van der Waals surface area contributed by atoms with Gasteiger partial charge in [-0.05, 0) is 42.4 Å². The summed E-state index contributed by atoms with van der Waals surface area (Å²) in [6, 6.07) is 11.4. The van der Waals surface area contributed by atoms with Gasteiger partial charge < -0.3 is 29.6 Å². The largest absolute Gasteiger partial charge is 0.493 e. The summed E-state index contributed by atoms with van der Waals surface area (Å²) in [5.41, 5.74) is 9.80. The van der Waals surface area contributed by atoms with Crippen molar-refractivity contribution < 1.29 is 23.7 Å². The number of ether oxygens (including phenoxy) is 4. The highest BCUT2D eigenvalue weighted by Gasteiger charge is 2.40. The van der Waals surface area contributed by atoms with Crippen LogP contribution in [0.1, 0.15) is 23.1 Å². The molecule has 0 spiro atoms. The molecule has 7 nitrogen and oxygen atoms in total. The Morgan fingerprint density at radius 2 is 1.83 bits per heavy atom. The summed E-state index contributed by atoms with van der Waals surface area (Å²) >= 11 is 0. The molecular weight excluding hydrogens is 384 g/mol. The van der Waals surface area contributed by atoms with E-state index in [0.29, 0.717) is 43.3 Å². The van der Waals surface area contributed by atoms with Crippen LogP contribution in [0.5, 0.6) is 11.5 Å². The smallest absolute Gasteiger partial charge is 0.258 e. The molecule has 158 valence electrons. The van der Waals surface area contributed by atoms with Gasteiger partial charge in [0.25, 0.3) is 5.91 Å². The number of hydrogen-bond acceptors (Lipinski definition) is 6. The maximum Gasteiger partial charge on any atom is 0.258 e. The van der Waals surface area contributed by atoms with Crippen LogP contribution in [-0.4, -0.2) is 46.9 Å². The molecule has 4 rings (SSSR count). The van der Waals surface area contributed by atoms with E-state index in [0.717, 1.165) is 22.4 Å². The minimum absolute atomic E-state index is 0.0712. The molecule has 2 aliphatic heterocycles. The Kier molecular flexibility index (Phi) is 5.51. The zero-order chi connectivity index (χ0) is 21.3. The zero-order valence-electron chi connectivity index (χ0n) is 17.4. The van der Waals surface area contributed by atoms with Crippen LogP contribution in [0.4, 0.5) is 5.69 Å². The normalized spacial score (nSPS) is 18.7. The Hall–Kier alpha value is -2.87. The summed E-state index contributed by atoms with van der Waals surface area (Å²) in [7, 11) is 4.95. The lowest BCUT2D eigenvalue weighted by molar-refractivity contribution is -0.168. The van der Waals surface area contributed by atoms with E-state index in [4.69, 9.17) is 24.7 Å². The van der Waals surface area contributed by atoms with Crippen molar-refractivity contribution in [2.45, 2.75) is 12.2 Å². The molecule has 1 fully saturated rings. The number of likely N-dealkylation sites (N-methyl/N-ethyl adjacent to an activating group) is 1. The number of nitrogens with two attached hydrogens (primary N) is 1. The molecule has 2 aliphatic rings. The minimum atomic E-state index is -0.859. The summed E-state index contributed by atoms with van der Waals surface area (Å²) in [5.74, 6) is 0.311. The van der Waals surface area contributed by atoms with Crippen LogP contribution in [0.2, 0.25) is 0 Å². The molecule has 2 N–H and O–H groups in total. The molecule has 30 heavy (non-hydrogen) atoms. The first-order valence-corrected chi connectivity index (χ1v) is 9.87. The van der Waals surface area contributed by atoms with E-state index in [-0.39, 0.29) is 5.91 Å². The van der Waals surface area contributed by atoms with Crippen molar-refractivity contribution in [2.24, 2.45) is 5.73 Å². The molecule has 0 unspecified atom stereocenters. The third kappa shape index (κ3) is 3.35. The Morgan fingerprint density at radius 1 is 1.10 bits per heavy atom. The van der Waals surface area contributed by atoms with E-state index in [1.54, 1.807) is 26.2 Å². The molecular formula is C23H26N2O5. The minimum Gasteiger partial charge on any atom is -0.493 e. The molecule has 2 aromatic rings. The second-order valence-corrected chi connectivity index (χ2v) is 7.26. The van der Waals surface area contributed by atoms with Gasteiger partial charge >= 0.3 is 0 Å². The van der Waals surface area contributed by atoms with Crippen molar-refractivity contribution in [3.63, 3.8) is 0 Å². The summed E-state index contributed by atoms with van der Waals surface area (Å²) in [4.78, 5) is 14.7. The molecule has 1 saturated heterocycles. The lowest BCUT2D eigenvalue weighted by Crippen LogP contribution is -2.30. The lowest BCUT2D eigenvalue weighted by atomic mass is 9.96. The molecule has 2 aromatic carbocycles. The first-order chi connectivity index (χ1) is 14.5. The number of rotatable bonds is 6. The van der Waals surface area contributed by atoms with Crippen LogP contribution >= 0.6 is 0 Å². The second kappa shape index (κ2) is 8.10. The van der Waals surface area contributed by atoms with Gasteiger partial charge in [-0.3, -0.25) is 4.79 Å². The number of carbonyl (C=O) groups excluding carboxylic acids is 1. The molecule has 7 heteroatoms. The molecule has 0 bridgehead atoms. The molecule has 0 atom stereocenters. The monoisotopic (exact) mass is 410 g/mol. The Morgan fingerprint density at radius 3 is 2.50 bits per heavy atom. The van der Waals surface area contributed by atoms with Gasteiger partial charge in [0.15, 0.2) is 17.3 Å². The summed E-state index contributed by atoms with van der Waals surface area (Å²) < 4.78 is 22.6. The van der Waals surface area contributed by atoms with E-state index in [1.807, 2.05) is 42.5 Å². The van der Waals surface area contributed by atoms with Crippen LogP contribution in [0.15, 0.2) is 36.4 Å². The Bertz CT molecular complexity index is 995. The van der Waals surface area contributed by atoms with E-state index < -0.39 is 5.79 Å². The highest BCUT2D eigenvalue weighted by atomic mass is 16.7. The number of fused-ring (bicyclic) bond motifs is 1. The fourth-order valence-corrected chi connectivity index (χ4v) is 4.04. The topological polar surface area (TPSA) is 83.3 Å². The van der Waals surface area contributed by atoms with Gasteiger partial charge in [0.05, 0.1) is 33.1 Å². The van der Waals surface area contributed by atoms with Crippen LogP contribution in [0.25, 0.3) is 11.6 Å². The van der Waals surface area contributed by atoms with E-state index in [9.17, 15) is 4.79 Å². The summed E-state index contributed by atoms with van der Waals surface area (Å²) in [6.07, 6.45) is 2.41. The van der Waals surface area contributed by atoms with Crippen LogP contribution < -0.4 is 20.1 Å². The average Bonchev–Trinajstić information content (AvgIpc) is 3.33. The number of carbonyl (C=O) groups is 1.